The first kappa shape index (κ1) is 13.0. The van der Waals surface area contributed by atoms with E-state index in [4.69, 9.17) is 0 Å². The number of aromatic amines is 1. The number of nitrogens with zero attached hydrogens (tertiary/aromatic N) is 1. The number of fused-ring (bicyclic) bond motifs is 3. The van der Waals surface area contributed by atoms with Crippen LogP contribution in [-0.2, 0) is 0 Å². The van der Waals surface area contributed by atoms with E-state index in [1.807, 2.05) is 0 Å². The second kappa shape index (κ2) is 4.99. The zero-order chi connectivity index (χ0) is 14.5. The average Bonchev–Trinajstić information content (AvgIpc) is 3.25. The van der Waals surface area contributed by atoms with E-state index in [1.165, 1.54) is 49.7 Å². The maximum atomic E-state index is 3.51. The number of aromatic nitrogens is 1. The number of para-hydroxylation sites is 1. The summed E-state index contributed by atoms with van der Waals surface area (Å²) in [6.07, 6.45) is 12.9. The molecule has 1 saturated carbocycles. The largest absolute Gasteiger partial charge is 0.361 e. The predicted octanol–water partition coefficient (Wildman–Crippen LogP) is 4.31. The van der Waals surface area contributed by atoms with E-state index in [9.17, 15) is 0 Å². The van der Waals surface area contributed by atoms with Gasteiger partial charge in [0.05, 0.1) is 0 Å². The third kappa shape index (κ3) is 1.83. The van der Waals surface area contributed by atoms with Crippen LogP contribution in [0.2, 0.25) is 0 Å². The number of benzene rings is 1. The Morgan fingerprint density at radius 3 is 2.55 bits per heavy atom. The van der Waals surface area contributed by atoms with Crippen LogP contribution in [0.1, 0.15) is 37.2 Å². The van der Waals surface area contributed by atoms with Gasteiger partial charge in [-0.05, 0) is 62.2 Å². The molecule has 4 aliphatic rings. The third-order valence-corrected chi connectivity index (χ3v) is 6.25. The lowest BCUT2D eigenvalue weighted by Crippen LogP contribution is -2.49. The summed E-state index contributed by atoms with van der Waals surface area (Å²) in [6, 6.07) is 9.55. The predicted molar refractivity (Wildman–Crippen MR) is 91.0 cm³/mol. The molecule has 1 N–H and O–H groups in total. The van der Waals surface area contributed by atoms with Crippen LogP contribution >= 0.6 is 0 Å². The van der Waals surface area contributed by atoms with Crippen molar-refractivity contribution in [2.75, 3.05) is 13.1 Å². The topological polar surface area (TPSA) is 19.0 Å². The first-order valence-corrected chi connectivity index (χ1v) is 8.90. The first-order chi connectivity index (χ1) is 10.9. The monoisotopic (exact) mass is 292 g/mol. The summed E-state index contributed by atoms with van der Waals surface area (Å²) < 4.78 is 0. The summed E-state index contributed by atoms with van der Waals surface area (Å²) in [7, 11) is 0. The molecule has 0 spiro atoms. The minimum Gasteiger partial charge on any atom is -0.361 e. The Morgan fingerprint density at radius 2 is 1.73 bits per heavy atom. The zero-order valence-corrected chi connectivity index (χ0v) is 13.0. The van der Waals surface area contributed by atoms with Crippen LogP contribution in [0.5, 0.6) is 0 Å². The summed E-state index contributed by atoms with van der Waals surface area (Å²) in [5.41, 5.74) is 2.86. The molecule has 22 heavy (non-hydrogen) atoms. The molecular formula is C20H24N2. The summed E-state index contributed by atoms with van der Waals surface area (Å²) in [4.78, 5) is 6.31. The van der Waals surface area contributed by atoms with Crippen LogP contribution in [-0.4, -0.2) is 29.0 Å². The van der Waals surface area contributed by atoms with Crippen molar-refractivity contribution in [1.29, 1.82) is 0 Å². The Labute approximate surface area is 132 Å². The number of rotatable bonds is 2. The molecule has 3 aliphatic carbocycles. The molecule has 6 rings (SSSR count). The van der Waals surface area contributed by atoms with Crippen molar-refractivity contribution < 1.29 is 0 Å². The van der Waals surface area contributed by atoms with E-state index >= 15 is 0 Å². The molecular weight excluding hydrogens is 268 g/mol. The van der Waals surface area contributed by atoms with Gasteiger partial charge >= 0.3 is 0 Å². The van der Waals surface area contributed by atoms with E-state index < -0.39 is 0 Å². The average molecular weight is 292 g/mol. The van der Waals surface area contributed by atoms with Crippen molar-refractivity contribution in [1.82, 2.24) is 9.88 Å². The van der Waals surface area contributed by atoms with Crippen molar-refractivity contribution in [3.8, 4) is 0 Å². The number of hydrogen-bond donors (Lipinski definition) is 1. The van der Waals surface area contributed by atoms with Crippen LogP contribution in [0.3, 0.4) is 0 Å². The Morgan fingerprint density at radius 1 is 0.955 bits per heavy atom. The van der Waals surface area contributed by atoms with Crippen LogP contribution < -0.4 is 0 Å². The van der Waals surface area contributed by atoms with Crippen LogP contribution in [0, 0.1) is 11.8 Å². The normalized spacial score (nSPS) is 34.7. The summed E-state index contributed by atoms with van der Waals surface area (Å²) in [5, 5.41) is 1.44. The Bertz CT molecular complexity index is 707. The van der Waals surface area contributed by atoms with Gasteiger partial charge in [-0.2, -0.15) is 0 Å². The van der Waals surface area contributed by atoms with Gasteiger partial charge in [0.2, 0.25) is 0 Å². The number of nitrogens with one attached hydrogen (secondary N) is 1. The molecule has 1 saturated heterocycles. The summed E-state index contributed by atoms with van der Waals surface area (Å²) in [5.74, 6) is 2.18. The van der Waals surface area contributed by atoms with E-state index in [-0.39, 0.29) is 0 Å². The van der Waals surface area contributed by atoms with Crippen molar-refractivity contribution in [2.24, 2.45) is 11.8 Å². The highest BCUT2D eigenvalue weighted by Gasteiger charge is 2.45. The van der Waals surface area contributed by atoms with Gasteiger partial charge in [0.25, 0.3) is 0 Å². The minimum absolute atomic E-state index is 0.679. The molecule has 2 fully saturated rings. The van der Waals surface area contributed by atoms with Gasteiger partial charge in [-0.1, -0.05) is 30.4 Å². The van der Waals surface area contributed by atoms with Crippen LogP contribution in [0.15, 0.2) is 42.6 Å². The summed E-state index contributed by atoms with van der Waals surface area (Å²) in [6.45, 7) is 2.61. The van der Waals surface area contributed by atoms with E-state index in [1.54, 1.807) is 5.56 Å². The van der Waals surface area contributed by atoms with Crippen molar-refractivity contribution in [3.05, 3.63) is 48.2 Å². The van der Waals surface area contributed by atoms with Gasteiger partial charge in [-0.3, -0.25) is 4.90 Å². The molecule has 2 heteroatoms. The SMILES string of the molecule is C1=C[C@H]2CC[C@@H]1[C@H](c1c[nH]c3ccccc13)[C@H]2N1CCCC1. The smallest absolute Gasteiger partial charge is 0.0456 e. The van der Waals surface area contributed by atoms with E-state index in [2.05, 4.69) is 52.5 Å². The van der Waals surface area contributed by atoms with Gasteiger partial charge in [-0.15, -0.1) is 0 Å². The van der Waals surface area contributed by atoms with Gasteiger partial charge in [0.15, 0.2) is 0 Å². The zero-order valence-electron chi connectivity index (χ0n) is 13.0. The van der Waals surface area contributed by atoms with E-state index in [0.29, 0.717) is 5.92 Å². The number of allylic oxidation sites excluding steroid dienone is 1. The maximum Gasteiger partial charge on any atom is 0.0456 e. The Balaban J connectivity index is 1.62. The summed E-state index contributed by atoms with van der Waals surface area (Å²) >= 11 is 0. The standard InChI is InChI=1S/C20H24N2/c1-2-6-18-16(5-1)17(13-21-18)19-14-7-9-15(10-8-14)20(19)22-11-3-4-12-22/h1-2,5-7,9,13-15,19-21H,3-4,8,10-12H2/t14-,15+,19-,20+/m1/s1. The second-order valence-corrected chi connectivity index (χ2v) is 7.34. The van der Waals surface area contributed by atoms with Gasteiger partial charge < -0.3 is 4.98 Å². The molecule has 2 nitrogen and oxygen atoms in total. The lowest BCUT2D eigenvalue weighted by Gasteiger charge is -2.49. The van der Waals surface area contributed by atoms with Gasteiger partial charge in [-0.25, -0.2) is 0 Å². The second-order valence-electron chi connectivity index (χ2n) is 7.34. The van der Waals surface area contributed by atoms with Crippen molar-refractivity contribution in [2.45, 2.75) is 37.6 Å². The van der Waals surface area contributed by atoms with Gasteiger partial charge in [0, 0.05) is 29.1 Å². The first-order valence-electron chi connectivity index (χ1n) is 8.90. The van der Waals surface area contributed by atoms with E-state index in [0.717, 1.165) is 17.9 Å². The molecule has 1 aliphatic heterocycles. The fourth-order valence-electron chi connectivity index (χ4n) is 5.29. The molecule has 1 aromatic carbocycles. The van der Waals surface area contributed by atoms with Crippen molar-refractivity contribution in [3.63, 3.8) is 0 Å². The minimum atomic E-state index is 0.679. The molecule has 4 atom stereocenters. The molecule has 0 amide bonds. The number of H-pyrrole nitrogens is 1. The quantitative estimate of drug-likeness (QED) is 0.817. The lowest BCUT2D eigenvalue weighted by molar-refractivity contribution is 0.0967. The van der Waals surface area contributed by atoms with Gasteiger partial charge in [0.1, 0.15) is 0 Å². The molecule has 114 valence electrons. The molecule has 0 unspecified atom stereocenters. The van der Waals surface area contributed by atoms with Crippen LogP contribution in [0.25, 0.3) is 10.9 Å². The van der Waals surface area contributed by atoms with Crippen molar-refractivity contribution >= 4 is 10.9 Å². The molecule has 0 radical (unpaired) electrons. The number of likely N-dealkylation sites (tertiary alicyclic amines) is 1. The maximum absolute atomic E-state index is 3.51. The third-order valence-electron chi connectivity index (χ3n) is 6.25. The molecule has 2 aromatic rings. The Kier molecular flexibility index (Phi) is 2.94. The fourth-order valence-corrected chi connectivity index (χ4v) is 5.29. The number of hydrogen-bond acceptors (Lipinski definition) is 1. The molecule has 2 heterocycles. The highest BCUT2D eigenvalue weighted by atomic mass is 15.2. The fraction of sp³-hybridized carbons (Fsp3) is 0.500. The Hall–Kier alpha value is -1.54. The lowest BCUT2D eigenvalue weighted by atomic mass is 9.63. The van der Waals surface area contributed by atoms with Crippen LogP contribution in [0.4, 0.5) is 0 Å². The highest BCUT2D eigenvalue weighted by molar-refractivity contribution is 5.83. The molecule has 2 bridgehead atoms. The molecule has 1 aromatic heterocycles. The highest BCUT2D eigenvalue weighted by Crippen LogP contribution is 2.50.